The van der Waals surface area contributed by atoms with Gasteiger partial charge in [-0.1, -0.05) is 23.7 Å². The number of halogens is 1. The fraction of sp³-hybridized carbons (Fsp3) is 0.364. The summed E-state index contributed by atoms with van der Waals surface area (Å²) in [5.41, 5.74) is 0.767. The van der Waals surface area contributed by atoms with Gasteiger partial charge in [-0.25, -0.2) is 4.79 Å². The van der Waals surface area contributed by atoms with Gasteiger partial charge in [0.1, 0.15) is 0 Å². The predicted molar refractivity (Wildman–Crippen MR) is 55.1 cm³/mol. The minimum atomic E-state index is -0.299. The molecule has 1 aromatic carbocycles. The molecule has 1 fully saturated rings. The Morgan fingerprint density at radius 3 is 2.36 bits per heavy atom. The quantitative estimate of drug-likeness (QED) is 0.542. The Balaban J connectivity index is 2.36. The smallest absolute Gasteiger partial charge is 0.211 e. The van der Waals surface area contributed by atoms with E-state index in [9.17, 15) is 4.79 Å². The maximum Gasteiger partial charge on any atom is 0.235 e. The average molecular weight is 208 g/mol. The zero-order valence-electron chi connectivity index (χ0n) is 7.66. The van der Waals surface area contributed by atoms with Gasteiger partial charge in [0, 0.05) is 5.02 Å². The molecule has 1 aliphatic carbocycles. The first kappa shape index (κ1) is 9.45. The van der Waals surface area contributed by atoms with Gasteiger partial charge < -0.3 is 0 Å². The van der Waals surface area contributed by atoms with E-state index in [1.165, 1.54) is 0 Å². The number of nitrogens with zero attached hydrogens (tertiary/aromatic N) is 1. The van der Waals surface area contributed by atoms with Crippen LogP contribution in [0, 0.1) is 0 Å². The molecule has 2 nitrogen and oxygen atoms in total. The highest BCUT2D eigenvalue weighted by atomic mass is 35.5. The molecule has 0 heterocycles. The van der Waals surface area contributed by atoms with Crippen molar-refractivity contribution in [2.24, 2.45) is 4.99 Å². The van der Waals surface area contributed by atoms with E-state index in [4.69, 9.17) is 11.6 Å². The molecule has 1 aromatic rings. The molecule has 0 atom stereocenters. The second kappa shape index (κ2) is 3.56. The Labute approximate surface area is 87.6 Å². The summed E-state index contributed by atoms with van der Waals surface area (Å²) >= 11 is 5.79. The number of benzene rings is 1. The summed E-state index contributed by atoms with van der Waals surface area (Å²) in [5, 5.41) is 0.707. The molecule has 0 spiro atoms. The number of rotatable bonds is 2. The summed E-state index contributed by atoms with van der Waals surface area (Å²) < 4.78 is 0. The molecule has 0 saturated heterocycles. The van der Waals surface area contributed by atoms with Gasteiger partial charge in [0.25, 0.3) is 0 Å². The molecule has 0 aromatic heterocycles. The topological polar surface area (TPSA) is 29.4 Å². The lowest BCUT2D eigenvalue weighted by atomic mass is 9.72. The molecule has 1 saturated carbocycles. The summed E-state index contributed by atoms with van der Waals surface area (Å²) in [6, 6.07) is 7.53. The standard InChI is InChI=1S/C11H10ClNO/c12-10-4-2-9(3-5-10)11(13-8-14)6-1-7-11/h2-5H,1,6-7H2. The molecule has 0 aliphatic heterocycles. The molecule has 0 amide bonds. The summed E-state index contributed by atoms with van der Waals surface area (Å²) in [6.45, 7) is 0. The third kappa shape index (κ3) is 1.47. The van der Waals surface area contributed by atoms with Crippen LogP contribution in [0.5, 0.6) is 0 Å². The summed E-state index contributed by atoms with van der Waals surface area (Å²) in [7, 11) is 0. The molecule has 14 heavy (non-hydrogen) atoms. The summed E-state index contributed by atoms with van der Waals surface area (Å²) in [4.78, 5) is 14.2. The van der Waals surface area contributed by atoms with Gasteiger partial charge in [-0.15, -0.1) is 0 Å². The Kier molecular flexibility index (Phi) is 2.40. The minimum absolute atomic E-state index is 0.299. The SMILES string of the molecule is O=C=NC1(c2ccc(Cl)cc2)CCC1. The summed E-state index contributed by atoms with van der Waals surface area (Å²) in [5.74, 6) is 0. The molecular formula is C11H10ClNO. The van der Waals surface area contributed by atoms with Crippen molar-refractivity contribution in [2.75, 3.05) is 0 Å². The molecular weight excluding hydrogens is 198 g/mol. The van der Waals surface area contributed by atoms with Gasteiger partial charge in [0.05, 0.1) is 5.54 Å². The second-order valence-corrected chi connectivity index (χ2v) is 4.03. The van der Waals surface area contributed by atoms with E-state index in [-0.39, 0.29) is 5.54 Å². The zero-order chi connectivity index (χ0) is 10.0. The average Bonchev–Trinajstić information content (AvgIpc) is 2.13. The Morgan fingerprint density at radius 2 is 1.93 bits per heavy atom. The summed E-state index contributed by atoms with van der Waals surface area (Å²) in [6.07, 6.45) is 4.65. The number of hydrogen-bond acceptors (Lipinski definition) is 2. The normalized spacial score (nSPS) is 18.1. The largest absolute Gasteiger partial charge is 0.235 e. The third-order valence-corrected chi connectivity index (χ3v) is 3.07. The zero-order valence-corrected chi connectivity index (χ0v) is 8.42. The highest BCUT2D eigenvalue weighted by molar-refractivity contribution is 6.30. The first-order chi connectivity index (χ1) is 6.77. The van der Waals surface area contributed by atoms with E-state index in [1.54, 1.807) is 6.08 Å². The fourth-order valence-electron chi connectivity index (χ4n) is 1.82. The number of carbonyl (C=O) groups excluding carboxylic acids is 1. The van der Waals surface area contributed by atoms with Crippen LogP contribution in [0.15, 0.2) is 29.3 Å². The van der Waals surface area contributed by atoms with Crippen molar-refractivity contribution in [1.82, 2.24) is 0 Å². The molecule has 1 aliphatic rings. The van der Waals surface area contributed by atoms with Crippen LogP contribution in [-0.2, 0) is 10.3 Å². The van der Waals surface area contributed by atoms with Crippen molar-refractivity contribution >= 4 is 17.7 Å². The number of hydrogen-bond donors (Lipinski definition) is 0. The first-order valence-electron chi connectivity index (χ1n) is 4.62. The Bertz CT molecular complexity index is 375. The van der Waals surface area contributed by atoms with Gasteiger partial charge in [-0.05, 0) is 37.0 Å². The number of isocyanates is 1. The van der Waals surface area contributed by atoms with E-state index >= 15 is 0 Å². The first-order valence-corrected chi connectivity index (χ1v) is 5.00. The van der Waals surface area contributed by atoms with Crippen LogP contribution < -0.4 is 0 Å². The second-order valence-electron chi connectivity index (χ2n) is 3.60. The van der Waals surface area contributed by atoms with E-state index < -0.39 is 0 Å². The molecule has 3 heteroatoms. The third-order valence-electron chi connectivity index (χ3n) is 2.82. The maximum absolute atomic E-state index is 10.3. The van der Waals surface area contributed by atoms with Gasteiger partial charge >= 0.3 is 0 Å². The highest BCUT2D eigenvalue weighted by Gasteiger charge is 2.38. The van der Waals surface area contributed by atoms with Crippen LogP contribution in [0.2, 0.25) is 5.02 Å². The molecule has 72 valence electrons. The molecule has 2 rings (SSSR count). The molecule has 0 bridgehead atoms. The van der Waals surface area contributed by atoms with Crippen molar-refractivity contribution in [2.45, 2.75) is 24.8 Å². The monoisotopic (exact) mass is 207 g/mol. The maximum atomic E-state index is 10.3. The van der Waals surface area contributed by atoms with Crippen LogP contribution in [0.1, 0.15) is 24.8 Å². The van der Waals surface area contributed by atoms with Crippen molar-refractivity contribution in [3.05, 3.63) is 34.9 Å². The van der Waals surface area contributed by atoms with Crippen LogP contribution in [0.25, 0.3) is 0 Å². The van der Waals surface area contributed by atoms with Gasteiger partial charge in [-0.2, -0.15) is 4.99 Å². The lowest BCUT2D eigenvalue weighted by Gasteiger charge is -2.37. The Morgan fingerprint density at radius 1 is 1.29 bits per heavy atom. The minimum Gasteiger partial charge on any atom is -0.211 e. The number of aliphatic imine (C=N–C) groups is 1. The van der Waals surface area contributed by atoms with Crippen molar-refractivity contribution in [3.8, 4) is 0 Å². The Hall–Kier alpha value is -1.11. The van der Waals surface area contributed by atoms with Gasteiger partial charge in [-0.3, -0.25) is 0 Å². The molecule has 0 radical (unpaired) electrons. The van der Waals surface area contributed by atoms with Crippen LogP contribution in [0.4, 0.5) is 0 Å². The van der Waals surface area contributed by atoms with Crippen LogP contribution >= 0.6 is 11.6 Å². The molecule has 0 N–H and O–H groups in total. The van der Waals surface area contributed by atoms with Crippen LogP contribution in [-0.4, -0.2) is 6.08 Å². The van der Waals surface area contributed by atoms with E-state index in [0.29, 0.717) is 5.02 Å². The predicted octanol–water partition coefficient (Wildman–Crippen LogP) is 3.06. The lowest BCUT2D eigenvalue weighted by molar-refractivity contribution is 0.256. The van der Waals surface area contributed by atoms with Crippen LogP contribution in [0.3, 0.4) is 0 Å². The van der Waals surface area contributed by atoms with Gasteiger partial charge in [0.15, 0.2) is 0 Å². The highest BCUT2D eigenvalue weighted by Crippen LogP contribution is 2.44. The van der Waals surface area contributed by atoms with Crippen molar-refractivity contribution in [3.63, 3.8) is 0 Å². The molecule has 0 unspecified atom stereocenters. The van der Waals surface area contributed by atoms with E-state index in [1.807, 2.05) is 24.3 Å². The van der Waals surface area contributed by atoms with Crippen molar-refractivity contribution < 1.29 is 4.79 Å². The van der Waals surface area contributed by atoms with E-state index in [0.717, 1.165) is 24.8 Å². The lowest BCUT2D eigenvalue weighted by Crippen LogP contribution is -2.31. The van der Waals surface area contributed by atoms with Gasteiger partial charge in [0.2, 0.25) is 6.08 Å². The van der Waals surface area contributed by atoms with Crippen molar-refractivity contribution in [1.29, 1.82) is 0 Å². The fourth-order valence-corrected chi connectivity index (χ4v) is 1.95. The van der Waals surface area contributed by atoms with E-state index in [2.05, 4.69) is 4.99 Å².